The fourth-order valence-electron chi connectivity index (χ4n) is 3.76. The van der Waals surface area contributed by atoms with Crippen LogP contribution >= 0.6 is 24.0 Å². The second-order valence-electron chi connectivity index (χ2n) is 6.93. The number of fused-ring (bicyclic) bond motifs is 1. The van der Waals surface area contributed by atoms with Crippen molar-refractivity contribution in [2.45, 2.75) is 25.8 Å². The first-order chi connectivity index (χ1) is 12.7. The minimum absolute atomic E-state index is 0. The number of para-hydroxylation sites is 1. The lowest BCUT2D eigenvalue weighted by Gasteiger charge is -2.21. The molecule has 0 bridgehead atoms. The number of likely N-dealkylation sites (tertiary alicyclic amines) is 1. The molecule has 1 saturated heterocycles. The van der Waals surface area contributed by atoms with Crippen LogP contribution in [0.4, 0.5) is 0 Å². The molecule has 2 aromatic heterocycles. The van der Waals surface area contributed by atoms with Crippen LogP contribution in [0.1, 0.15) is 29.2 Å². The molecule has 0 spiro atoms. The van der Waals surface area contributed by atoms with Crippen LogP contribution in [0.2, 0.25) is 0 Å². The Kier molecular flexibility index (Phi) is 6.08. The van der Waals surface area contributed by atoms with E-state index in [4.69, 9.17) is 4.42 Å². The van der Waals surface area contributed by atoms with Crippen LogP contribution in [0.25, 0.3) is 11.0 Å². The molecule has 0 amide bonds. The Bertz CT molecular complexity index is 945. The Morgan fingerprint density at radius 2 is 2.19 bits per heavy atom. The smallest absolute Gasteiger partial charge is 0.194 e. The largest absolute Gasteiger partial charge is 0.459 e. The number of aryl methyl sites for hydroxylation is 2. The zero-order valence-electron chi connectivity index (χ0n) is 16.0. The number of hydrogen-bond donors (Lipinski definition) is 1. The monoisotopic (exact) mass is 479 g/mol. The van der Waals surface area contributed by atoms with Gasteiger partial charge in [-0.15, -0.1) is 24.0 Å². The summed E-state index contributed by atoms with van der Waals surface area (Å²) in [6, 6.07) is 8.17. The fraction of sp³-hybridized carbons (Fsp3) is 0.400. The van der Waals surface area contributed by atoms with Gasteiger partial charge in [0.1, 0.15) is 11.3 Å². The van der Waals surface area contributed by atoms with Crippen molar-refractivity contribution in [3.63, 3.8) is 0 Å². The lowest BCUT2D eigenvalue weighted by Crippen LogP contribution is -2.39. The first-order valence-corrected chi connectivity index (χ1v) is 9.07. The molecule has 27 heavy (non-hydrogen) atoms. The van der Waals surface area contributed by atoms with Crippen LogP contribution in [-0.2, 0) is 13.6 Å². The van der Waals surface area contributed by atoms with E-state index in [1.54, 1.807) is 0 Å². The van der Waals surface area contributed by atoms with Crippen molar-refractivity contribution < 1.29 is 4.42 Å². The Balaban J connectivity index is 0.00000210. The molecule has 0 radical (unpaired) electrons. The van der Waals surface area contributed by atoms with Crippen molar-refractivity contribution >= 4 is 40.9 Å². The predicted molar refractivity (Wildman–Crippen MR) is 119 cm³/mol. The molecule has 1 atom stereocenters. The highest BCUT2D eigenvalue weighted by Gasteiger charge is 2.27. The topological polar surface area (TPSA) is 58.6 Å². The molecule has 6 nitrogen and oxygen atoms in total. The molecule has 7 heteroatoms. The van der Waals surface area contributed by atoms with Crippen molar-refractivity contribution in [1.29, 1.82) is 0 Å². The molecule has 3 heterocycles. The third-order valence-corrected chi connectivity index (χ3v) is 5.25. The van der Waals surface area contributed by atoms with Gasteiger partial charge in [-0.1, -0.05) is 18.2 Å². The number of aromatic nitrogens is 2. The van der Waals surface area contributed by atoms with Crippen LogP contribution in [0.5, 0.6) is 0 Å². The van der Waals surface area contributed by atoms with Crippen LogP contribution in [0.3, 0.4) is 0 Å². The second-order valence-corrected chi connectivity index (χ2v) is 6.93. The molecule has 0 aliphatic carbocycles. The maximum atomic E-state index is 6.00. The molecule has 3 aromatic rings. The zero-order chi connectivity index (χ0) is 18.1. The average Bonchev–Trinajstić information content (AvgIpc) is 3.36. The van der Waals surface area contributed by atoms with E-state index < -0.39 is 0 Å². The van der Waals surface area contributed by atoms with Crippen molar-refractivity contribution in [2.24, 2.45) is 12.0 Å². The van der Waals surface area contributed by atoms with Gasteiger partial charge < -0.3 is 14.6 Å². The lowest BCUT2D eigenvalue weighted by molar-refractivity contribution is 0.472. The Morgan fingerprint density at radius 1 is 1.37 bits per heavy atom. The molecule has 1 unspecified atom stereocenters. The van der Waals surface area contributed by atoms with Gasteiger partial charge in [0, 0.05) is 50.2 Å². The third kappa shape index (κ3) is 3.97. The number of furan rings is 1. The van der Waals surface area contributed by atoms with E-state index in [0.717, 1.165) is 36.8 Å². The molecule has 0 saturated carbocycles. The van der Waals surface area contributed by atoms with E-state index in [2.05, 4.69) is 39.5 Å². The molecule has 1 N–H and O–H groups in total. The Morgan fingerprint density at radius 3 is 2.89 bits per heavy atom. The molecule has 4 rings (SSSR count). The third-order valence-electron chi connectivity index (χ3n) is 5.25. The first kappa shape index (κ1) is 19.7. The van der Waals surface area contributed by atoms with Gasteiger partial charge in [0.25, 0.3) is 0 Å². The van der Waals surface area contributed by atoms with Gasteiger partial charge in [-0.2, -0.15) is 5.10 Å². The predicted octanol–water partition coefficient (Wildman–Crippen LogP) is 3.66. The van der Waals surface area contributed by atoms with E-state index in [-0.39, 0.29) is 24.0 Å². The van der Waals surface area contributed by atoms with Gasteiger partial charge in [-0.3, -0.25) is 9.67 Å². The summed E-state index contributed by atoms with van der Waals surface area (Å²) in [7, 11) is 3.80. The van der Waals surface area contributed by atoms with Gasteiger partial charge in [-0.05, 0) is 25.0 Å². The second kappa shape index (κ2) is 8.33. The fourth-order valence-corrected chi connectivity index (χ4v) is 3.76. The van der Waals surface area contributed by atoms with Crippen molar-refractivity contribution in [3.05, 3.63) is 53.5 Å². The summed E-state index contributed by atoms with van der Waals surface area (Å²) >= 11 is 0. The van der Waals surface area contributed by atoms with E-state index in [1.807, 2.05) is 43.2 Å². The zero-order valence-corrected chi connectivity index (χ0v) is 18.3. The van der Waals surface area contributed by atoms with E-state index in [1.165, 1.54) is 16.5 Å². The Labute approximate surface area is 176 Å². The van der Waals surface area contributed by atoms with E-state index in [0.29, 0.717) is 12.5 Å². The molecule has 1 aromatic carbocycles. The molecular formula is C20H26IN5O. The highest BCUT2D eigenvalue weighted by atomic mass is 127. The SMILES string of the molecule is CN=C(NCc1oc2ccccc2c1C)N1CCC(c2cnn(C)c2)C1.I. The van der Waals surface area contributed by atoms with Crippen LogP contribution in [0, 0.1) is 6.92 Å². The van der Waals surface area contributed by atoms with Crippen molar-refractivity contribution in [3.8, 4) is 0 Å². The molecule has 1 aliphatic rings. The normalized spacial score (nSPS) is 17.4. The van der Waals surface area contributed by atoms with Crippen LogP contribution in [-0.4, -0.2) is 40.8 Å². The molecular weight excluding hydrogens is 453 g/mol. The summed E-state index contributed by atoms with van der Waals surface area (Å²) < 4.78 is 7.87. The highest BCUT2D eigenvalue weighted by Crippen LogP contribution is 2.27. The number of aliphatic imine (C=N–C) groups is 1. The van der Waals surface area contributed by atoms with Crippen molar-refractivity contribution in [1.82, 2.24) is 20.0 Å². The molecule has 1 fully saturated rings. The number of benzene rings is 1. The number of halogens is 1. The van der Waals surface area contributed by atoms with Gasteiger partial charge >= 0.3 is 0 Å². The summed E-state index contributed by atoms with van der Waals surface area (Å²) in [6.45, 7) is 4.71. The summed E-state index contributed by atoms with van der Waals surface area (Å²) in [4.78, 5) is 6.79. The number of rotatable bonds is 3. The van der Waals surface area contributed by atoms with Gasteiger partial charge in [-0.25, -0.2) is 0 Å². The first-order valence-electron chi connectivity index (χ1n) is 9.07. The van der Waals surface area contributed by atoms with Gasteiger partial charge in [0.15, 0.2) is 5.96 Å². The lowest BCUT2D eigenvalue weighted by atomic mass is 10.0. The van der Waals surface area contributed by atoms with Crippen LogP contribution < -0.4 is 5.32 Å². The quantitative estimate of drug-likeness (QED) is 0.354. The number of hydrogen-bond acceptors (Lipinski definition) is 3. The minimum atomic E-state index is 0. The Hall–Kier alpha value is -2.03. The summed E-state index contributed by atoms with van der Waals surface area (Å²) in [5, 5.41) is 8.94. The number of nitrogens with zero attached hydrogens (tertiary/aromatic N) is 4. The molecule has 1 aliphatic heterocycles. The summed E-state index contributed by atoms with van der Waals surface area (Å²) in [6.07, 6.45) is 5.21. The average molecular weight is 479 g/mol. The van der Waals surface area contributed by atoms with Gasteiger partial charge in [0.05, 0.1) is 12.7 Å². The highest BCUT2D eigenvalue weighted by molar-refractivity contribution is 14.0. The maximum absolute atomic E-state index is 6.00. The minimum Gasteiger partial charge on any atom is -0.459 e. The van der Waals surface area contributed by atoms with Crippen molar-refractivity contribution in [2.75, 3.05) is 20.1 Å². The van der Waals surface area contributed by atoms with E-state index >= 15 is 0 Å². The van der Waals surface area contributed by atoms with E-state index in [9.17, 15) is 0 Å². The maximum Gasteiger partial charge on any atom is 0.194 e. The number of nitrogens with one attached hydrogen (secondary N) is 1. The summed E-state index contributed by atoms with van der Waals surface area (Å²) in [5.74, 6) is 2.40. The summed E-state index contributed by atoms with van der Waals surface area (Å²) in [5.41, 5.74) is 3.44. The molecule has 144 valence electrons. The number of guanidine groups is 1. The van der Waals surface area contributed by atoms with Gasteiger partial charge in [0.2, 0.25) is 0 Å². The van der Waals surface area contributed by atoms with Crippen LogP contribution in [0.15, 0.2) is 46.1 Å². The standard InChI is InChI=1S/C20H25N5O.HI/c1-14-17-6-4-5-7-18(17)26-19(14)11-22-20(21-2)25-9-8-15(13-25)16-10-23-24(3)12-16;/h4-7,10,12,15H,8-9,11,13H2,1-3H3,(H,21,22);1H.